The Labute approximate surface area is 96.9 Å². The lowest BCUT2D eigenvalue weighted by atomic mass is 10.0. The number of rotatable bonds is 1. The molecule has 0 spiro atoms. The summed E-state index contributed by atoms with van der Waals surface area (Å²) < 4.78 is 0. The summed E-state index contributed by atoms with van der Waals surface area (Å²) in [5, 5.41) is 12.1. The first-order valence-corrected chi connectivity index (χ1v) is 5.24. The molecular weight excluding hydrogens is 214 g/mol. The van der Waals surface area contributed by atoms with Crippen molar-refractivity contribution in [3.05, 3.63) is 58.9 Å². The lowest BCUT2D eigenvalue weighted by Crippen LogP contribution is -2.08. The molecule has 0 aliphatic rings. The van der Waals surface area contributed by atoms with Gasteiger partial charge in [0.2, 0.25) is 5.43 Å². The monoisotopic (exact) mass is 223 g/mol. The first-order chi connectivity index (χ1) is 8.36. The number of hydrogen-bond acceptors (Lipinski definition) is 3. The van der Waals surface area contributed by atoms with Gasteiger partial charge in [0, 0.05) is 5.56 Å². The Morgan fingerprint density at radius 2 is 1.82 bits per heavy atom. The summed E-state index contributed by atoms with van der Waals surface area (Å²) in [5.41, 5.74) is 1.05. The quantitative estimate of drug-likeness (QED) is 0.686. The zero-order valence-corrected chi connectivity index (χ0v) is 8.92. The summed E-state index contributed by atoms with van der Waals surface area (Å²) in [4.78, 5) is 11.7. The third kappa shape index (κ3) is 1.59. The molecule has 1 heterocycles. The highest BCUT2D eigenvalue weighted by atomic mass is 16.1. The molecule has 3 aromatic rings. The molecule has 82 valence electrons. The third-order valence-corrected chi connectivity index (χ3v) is 2.68. The number of aromatic nitrogens is 3. The van der Waals surface area contributed by atoms with Crippen LogP contribution in [0.4, 0.5) is 0 Å². The lowest BCUT2D eigenvalue weighted by Gasteiger charge is -2.04. The van der Waals surface area contributed by atoms with Crippen LogP contribution < -0.4 is 5.43 Å². The van der Waals surface area contributed by atoms with Crippen LogP contribution in [0.5, 0.6) is 0 Å². The van der Waals surface area contributed by atoms with Crippen LogP contribution in [0.2, 0.25) is 0 Å². The standard InChI is InChI=1S/C13H9N3O/c17-12-8-14-16-15-13(12)11-7-3-5-9-4-1-2-6-10(9)11/h1-8H,(H,16,17). The first-order valence-electron chi connectivity index (χ1n) is 5.24. The van der Waals surface area contributed by atoms with Gasteiger partial charge in [0.15, 0.2) is 0 Å². The molecule has 0 unspecified atom stereocenters. The summed E-state index contributed by atoms with van der Waals surface area (Å²) in [7, 11) is 0. The summed E-state index contributed by atoms with van der Waals surface area (Å²) >= 11 is 0. The van der Waals surface area contributed by atoms with Gasteiger partial charge in [-0.1, -0.05) is 42.5 Å². The second kappa shape index (κ2) is 3.83. The fraction of sp³-hybridized carbons (Fsp3) is 0. The largest absolute Gasteiger partial charge is 0.286 e. The summed E-state index contributed by atoms with van der Waals surface area (Å²) in [5.74, 6) is 0. The molecule has 4 nitrogen and oxygen atoms in total. The zero-order chi connectivity index (χ0) is 11.7. The molecule has 0 fully saturated rings. The second-order valence-corrected chi connectivity index (χ2v) is 3.71. The number of nitrogens with one attached hydrogen (secondary N) is 1. The Kier molecular flexibility index (Phi) is 2.19. The normalized spacial score (nSPS) is 10.6. The SMILES string of the molecule is O=c1cn[nH]nc1-c1cccc2ccccc12. The lowest BCUT2D eigenvalue weighted by molar-refractivity contribution is 0.861. The molecule has 0 saturated heterocycles. The molecule has 3 rings (SSSR count). The number of fused-ring (bicyclic) bond motifs is 1. The topological polar surface area (TPSA) is 58.6 Å². The molecule has 17 heavy (non-hydrogen) atoms. The molecule has 0 saturated carbocycles. The zero-order valence-electron chi connectivity index (χ0n) is 8.92. The van der Waals surface area contributed by atoms with Crippen LogP contribution in [0.15, 0.2) is 53.5 Å². The van der Waals surface area contributed by atoms with E-state index in [1.54, 1.807) is 0 Å². The van der Waals surface area contributed by atoms with Crippen molar-refractivity contribution >= 4 is 10.8 Å². The van der Waals surface area contributed by atoms with Crippen LogP contribution >= 0.6 is 0 Å². The van der Waals surface area contributed by atoms with Crippen LogP contribution in [0.25, 0.3) is 22.0 Å². The maximum atomic E-state index is 11.7. The van der Waals surface area contributed by atoms with Gasteiger partial charge in [-0.15, -0.1) is 0 Å². The van der Waals surface area contributed by atoms with E-state index in [1.807, 2.05) is 42.5 Å². The van der Waals surface area contributed by atoms with E-state index in [4.69, 9.17) is 0 Å². The van der Waals surface area contributed by atoms with E-state index in [9.17, 15) is 4.79 Å². The van der Waals surface area contributed by atoms with Crippen LogP contribution in [-0.4, -0.2) is 15.4 Å². The minimum atomic E-state index is -0.180. The number of H-pyrrole nitrogens is 1. The van der Waals surface area contributed by atoms with Crippen molar-refractivity contribution in [1.82, 2.24) is 15.4 Å². The Hall–Kier alpha value is -2.49. The summed E-state index contributed by atoms with van der Waals surface area (Å²) in [6, 6.07) is 13.7. The summed E-state index contributed by atoms with van der Waals surface area (Å²) in [6.07, 6.45) is 1.24. The Morgan fingerprint density at radius 3 is 2.71 bits per heavy atom. The predicted octanol–water partition coefficient (Wildman–Crippen LogP) is 1.99. The molecule has 4 heteroatoms. The van der Waals surface area contributed by atoms with Gasteiger partial charge in [0.1, 0.15) is 5.69 Å². The van der Waals surface area contributed by atoms with Gasteiger partial charge >= 0.3 is 0 Å². The van der Waals surface area contributed by atoms with E-state index in [2.05, 4.69) is 15.4 Å². The van der Waals surface area contributed by atoms with Crippen molar-refractivity contribution in [2.45, 2.75) is 0 Å². The van der Waals surface area contributed by atoms with Crippen LogP contribution in [0.3, 0.4) is 0 Å². The van der Waals surface area contributed by atoms with Gasteiger partial charge < -0.3 is 0 Å². The highest BCUT2D eigenvalue weighted by Crippen LogP contribution is 2.24. The number of benzene rings is 2. The van der Waals surface area contributed by atoms with Gasteiger partial charge in [0.25, 0.3) is 0 Å². The minimum Gasteiger partial charge on any atom is -0.286 e. The van der Waals surface area contributed by atoms with Gasteiger partial charge in [0.05, 0.1) is 6.20 Å². The Bertz CT molecular complexity index is 728. The minimum absolute atomic E-state index is 0.180. The van der Waals surface area contributed by atoms with E-state index in [-0.39, 0.29) is 5.43 Å². The van der Waals surface area contributed by atoms with Gasteiger partial charge in [-0.2, -0.15) is 15.4 Å². The van der Waals surface area contributed by atoms with Crippen LogP contribution in [0.1, 0.15) is 0 Å². The molecule has 0 radical (unpaired) electrons. The fourth-order valence-corrected chi connectivity index (χ4v) is 1.91. The molecule has 0 amide bonds. The molecule has 2 aromatic carbocycles. The van der Waals surface area contributed by atoms with Crippen LogP contribution in [-0.2, 0) is 0 Å². The molecule has 1 aromatic heterocycles. The van der Waals surface area contributed by atoms with Crippen molar-refractivity contribution in [3.8, 4) is 11.3 Å². The smallest absolute Gasteiger partial charge is 0.226 e. The third-order valence-electron chi connectivity index (χ3n) is 2.68. The molecular formula is C13H9N3O. The fourth-order valence-electron chi connectivity index (χ4n) is 1.91. The van der Waals surface area contributed by atoms with Crippen LogP contribution in [0, 0.1) is 0 Å². The van der Waals surface area contributed by atoms with Crippen molar-refractivity contribution in [1.29, 1.82) is 0 Å². The molecule has 0 aliphatic heterocycles. The van der Waals surface area contributed by atoms with E-state index < -0.39 is 0 Å². The van der Waals surface area contributed by atoms with E-state index in [1.165, 1.54) is 6.20 Å². The van der Waals surface area contributed by atoms with Crippen molar-refractivity contribution in [2.75, 3.05) is 0 Å². The highest BCUT2D eigenvalue weighted by Gasteiger charge is 2.07. The van der Waals surface area contributed by atoms with Crippen molar-refractivity contribution in [2.24, 2.45) is 0 Å². The predicted molar refractivity (Wildman–Crippen MR) is 65.6 cm³/mol. The van der Waals surface area contributed by atoms with E-state index in [0.717, 1.165) is 16.3 Å². The Balaban J connectivity index is 2.39. The number of nitrogens with zero attached hydrogens (tertiary/aromatic N) is 2. The van der Waals surface area contributed by atoms with E-state index in [0.29, 0.717) is 5.69 Å². The molecule has 1 N–H and O–H groups in total. The van der Waals surface area contributed by atoms with Crippen molar-refractivity contribution in [3.63, 3.8) is 0 Å². The molecule has 0 bridgehead atoms. The van der Waals surface area contributed by atoms with Crippen molar-refractivity contribution < 1.29 is 0 Å². The molecule has 0 atom stereocenters. The second-order valence-electron chi connectivity index (χ2n) is 3.71. The van der Waals surface area contributed by atoms with Gasteiger partial charge in [-0.3, -0.25) is 4.79 Å². The molecule has 0 aliphatic carbocycles. The number of aromatic amines is 1. The van der Waals surface area contributed by atoms with Gasteiger partial charge in [-0.05, 0) is 10.8 Å². The summed E-state index contributed by atoms with van der Waals surface area (Å²) in [6.45, 7) is 0. The highest BCUT2D eigenvalue weighted by molar-refractivity contribution is 5.95. The average Bonchev–Trinajstić information content (AvgIpc) is 2.39. The van der Waals surface area contributed by atoms with Gasteiger partial charge in [-0.25, -0.2) is 0 Å². The first kappa shape index (κ1) is 9.72. The number of hydrogen-bond donors (Lipinski definition) is 1. The Morgan fingerprint density at radius 1 is 1.00 bits per heavy atom. The average molecular weight is 223 g/mol. The maximum Gasteiger partial charge on any atom is 0.226 e. The maximum absolute atomic E-state index is 11.7. The van der Waals surface area contributed by atoms with E-state index >= 15 is 0 Å².